The molecule has 0 spiro atoms. The van der Waals surface area contributed by atoms with Crippen LogP contribution in [0, 0.1) is 0 Å². The summed E-state index contributed by atoms with van der Waals surface area (Å²) in [6.07, 6.45) is 6.74. The van der Waals surface area contributed by atoms with Crippen LogP contribution in [0.3, 0.4) is 0 Å². The molecule has 1 aromatic rings. The highest BCUT2D eigenvalue weighted by Gasteiger charge is 2.23. The lowest BCUT2D eigenvalue weighted by Gasteiger charge is -2.31. The van der Waals surface area contributed by atoms with Gasteiger partial charge in [-0.2, -0.15) is 0 Å². The van der Waals surface area contributed by atoms with E-state index in [9.17, 15) is 0 Å². The van der Waals surface area contributed by atoms with Crippen molar-refractivity contribution in [3.63, 3.8) is 0 Å². The molecule has 1 aromatic carbocycles. The Bertz CT molecular complexity index is 382. The summed E-state index contributed by atoms with van der Waals surface area (Å²) in [6, 6.07) is 11.2. The Balaban J connectivity index is 1.60. The Kier molecular flexibility index (Phi) is 7.20. The van der Waals surface area contributed by atoms with Crippen LogP contribution in [0.2, 0.25) is 0 Å². The van der Waals surface area contributed by atoms with Gasteiger partial charge in [0.2, 0.25) is 0 Å². The van der Waals surface area contributed by atoms with E-state index in [1.165, 1.54) is 37.7 Å². The molecule has 1 aliphatic carbocycles. The van der Waals surface area contributed by atoms with Gasteiger partial charge < -0.3 is 15.0 Å². The van der Waals surface area contributed by atoms with E-state index in [4.69, 9.17) is 4.74 Å². The lowest BCUT2D eigenvalue weighted by molar-refractivity contribution is 0.0417. The maximum absolute atomic E-state index is 5.59. The van der Waals surface area contributed by atoms with E-state index in [1.54, 1.807) is 0 Å². The molecule has 0 aromatic heterocycles. The third-order valence-corrected chi connectivity index (χ3v) is 4.42. The summed E-state index contributed by atoms with van der Waals surface area (Å²) in [4.78, 5) is 2.39. The van der Waals surface area contributed by atoms with Crippen LogP contribution < -0.4 is 5.32 Å². The van der Waals surface area contributed by atoms with Gasteiger partial charge in [0, 0.05) is 19.7 Å². The first-order valence-corrected chi connectivity index (χ1v) is 8.28. The van der Waals surface area contributed by atoms with Gasteiger partial charge in [0.25, 0.3) is 0 Å². The van der Waals surface area contributed by atoms with Gasteiger partial charge >= 0.3 is 0 Å². The first-order valence-electron chi connectivity index (χ1n) is 8.28. The smallest absolute Gasteiger partial charge is 0.0724 e. The minimum Gasteiger partial charge on any atom is -0.380 e. The molecule has 3 heteroatoms. The molecule has 118 valence electrons. The van der Waals surface area contributed by atoms with Gasteiger partial charge in [0.05, 0.1) is 6.10 Å². The zero-order valence-corrected chi connectivity index (χ0v) is 13.6. The predicted molar refractivity (Wildman–Crippen MR) is 88.4 cm³/mol. The van der Waals surface area contributed by atoms with Crippen LogP contribution in [0.4, 0.5) is 0 Å². The highest BCUT2D eigenvalue weighted by atomic mass is 16.5. The third kappa shape index (κ3) is 5.77. The lowest BCUT2D eigenvalue weighted by Crippen LogP contribution is -2.43. The Labute approximate surface area is 129 Å². The van der Waals surface area contributed by atoms with Gasteiger partial charge in [0.1, 0.15) is 0 Å². The Morgan fingerprint density at radius 3 is 2.71 bits per heavy atom. The predicted octanol–water partition coefficient (Wildman–Crippen LogP) is 3.06. The maximum Gasteiger partial charge on any atom is 0.0724 e. The molecule has 1 saturated carbocycles. The standard InChI is InChI=1S/C18H30N2O/c1-20(15-16-9-4-3-5-10-16)14-8-13-19-17-11-6-7-12-18(17)21-2/h3-5,9-10,17-19H,6-8,11-15H2,1-2H3. The van der Waals surface area contributed by atoms with Crippen molar-refractivity contribution in [3.8, 4) is 0 Å². The molecule has 0 saturated heterocycles. The normalized spacial score (nSPS) is 22.6. The molecule has 2 unspecified atom stereocenters. The summed E-state index contributed by atoms with van der Waals surface area (Å²) in [6.45, 7) is 3.25. The zero-order chi connectivity index (χ0) is 14.9. The van der Waals surface area contributed by atoms with Crippen LogP contribution in [0.1, 0.15) is 37.7 Å². The van der Waals surface area contributed by atoms with E-state index in [0.717, 1.165) is 19.6 Å². The second kappa shape index (κ2) is 9.19. The number of nitrogens with one attached hydrogen (secondary N) is 1. The minimum absolute atomic E-state index is 0.417. The molecule has 0 radical (unpaired) electrons. The van der Waals surface area contributed by atoms with Crippen LogP contribution in [-0.2, 0) is 11.3 Å². The highest BCUT2D eigenvalue weighted by molar-refractivity contribution is 5.14. The van der Waals surface area contributed by atoms with E-state index in [1.807, 2.05) is 7.11 Å². The van der Waals surface area contributed by atoms with Gasteiger partial charge in [-0.3, -0.25) is 0 Å². The highest BCUT2D eigenvalue weighted by Crippen LogP contribution is 2.20. The number of benzene rings is 1. The first kappa shape index (κ1) is 16.5. The van der Waals surface area contributed by atoms with Crippen molar-refractivity contribution in [1.82, 2.24) is 10.2 Å². The van der Waals surface area contributed by atoms with Crippen molar-refractivity contribution >= 4 is 0 Å². The van der Waals surface area contributed by atoms with Crippen LogP contribution in [0.25, 0.3) is 0 Å². The molecule has 1 aliphatic rings. The Hall–Kier alpha value is -0.900. The average Bonchev–Trinajstić information content (AvgIpc) is 2.53. The topological polar surface area (TPSA) is 24.5 Å². The summed E-state index contributed by atoms with van der Waals surface area (Å²) >= 11 is 0. The fourth-order valence-corrected chi connectivity index (χ4v) is 3.22. The van der Waals surface area contributed by atoms with E-state index in [-0.39, 0.29) is 0 Å². The number of hydrogen-bond donors (Lipinski definition) is 1. The van der Waals surface area contributed by atoms with Crippen molar-refractivity contribution in [2.24, 2.45) is 0 Å². The van der Waals surface area contributed by atoms with Crippen LogP contribution in [0.15, 0.2) is 30.3 Å². The van der Waals surface area contributed by atoms with Crippen molar-refractivity contribution in [2.45, 2.75) is 50.8 Å². The number of rotatable bonds is 8. The molecule has 0 amide bonds. The van der Waals surface area contributed by atoms with Gasteiger partial charge in [0.15, 0.2) is 0 Å². The fourth-order valence-electron chi connectivity index (χ4n) is 3.22. The minimum atomic E-state index is 0.417. The molecular weight excluding hydrogens is 260 g/mol. The summed E-state index contributed by atoms with van der Waals surface area (Å²) in [5.74, 6) is 0. The number of ether oxygens (including phenoxy) is 1. The SMILES string of the molecule is COC1CCCCC1NCCCN(C)Cc1ccccc1. The second-order valence-corrected chi connectivity index (χ2v) is 6.20. The monoisotopic (exact) mass is 290 g/mol. The van der Waals surface area contributed by atoms with E-state index in [0.29, 0.717) is 12.1 Å². The van der Waals surface area contributed by atoms with Crippen LogP contribution in [0.5, 0.6) is 0 Å². The molecule has 0 bridgehead atoms. The Morgan fingerprint density at radius 2 is 1.95 bits per heavy atom. The third-order valence-electron chi connectivity index (χ3n) is 4.42. The summed E-state index contributed by atoms with van der Waals surface area (Å²) in [5, 5.41) is 3.69. The van der Waals surface area contributed by atoms with Crippen molar-refractivity contribution < 1.29 is 4.74 Å². The fraction of sp³-hybridized carbons (Fsp3) is 0.667. The van der Waals surface area contributed by atoms with Gasteiger partial charge in [-0.1, -0.05) is 43.2 Å². The summed E-state index contributed by atoms with van der Waals surface area (Å²) in [7, 11) is 4.05. The molecule has 21 heavy (non-hydrogen) atoms. The van der Waals surface area contributed by atoms with Gasteiger partial charge in [-0.15, -0.1) is 0 Å². The number of methoxy groups -OCH3 is 1. The molecule has 1 N–H and O–H groups in total. The molecule has 0 heterocycles. The van der Waals surface area contributed by atoms with Gasteiger partial charge in [-0.25, -0.2) is 0 Å². The molecule has 2 atom stereocenters. The number of nitrogens with zero attached hydrogens (tertiary/aromatic N) is 1. The van der Waals surface area contributed by atoms with Crippen molar-refractivity contribution in [2.75, 3.05) is 27.2 Å². The first-order chi connectivity index (χ1) is 10.3. The second-order valence-electron chi connectivity index (χ2n) is 6.20. The molecule has 3 nitrogen and oxygen atoms in total. The maximum atomic E-state index is 5.59. The van der Waals surface area contributed by atoms with Crippen molar-refractivity contribution in [3.05, 3.63) is 35.9 Å². The number of hydrogen-bond acceptors (Lipinski definition) is 3. The quantitative estimate of drug-likeness (QED) is 0.745. The van der Waals surface area contributed by atoms with E-state index >= 15 is 0 Å². The zero-order valence-electron chi connectivity index (χ0n) is 13.6. The molecule has 1 fully saturated rings. The van der Waals surface area contributed by atoms with E-state index in [2.05, 4.69) is 47.6 Å². The average molecular weight is 290 g/mol. The van der Waals surface area contributed by atoms with E-state index < -0.39 is 0 Å². The van der Waals surface area contributed by atoms with Gasteiger partial charge in [-0.05, 0) is 45.0 Å². The molecule has 0 aliphatic heterocycles. The Morgan fingerprint density at radius 1 is 1.19 bits per heavy atom. The molecule has 2 rings (SSSR count). The lowest BCUT2D eigenvalue weighted by atomic mass is 9.92. The summed E-state index contributed by atoms with van der Waals surface area (Å²) < 4.78 is 5.59. The largest absolute Gasteiger partial charge is 0.380 e. The van der Waals surface area contributed by atoms with Crippen molar-refractivity contribution in [1.29, 1.82) is 0 Å². The molecular formula is C18H30N2O. The van der Waals surface area contributed by atoms with Crippen LogP contribution in [-0.4, -0.2) is 44.3 Å². The van der Waals surface area contributed by atoms with Crippen LogP contribution >= 0.6 is 0 Å². The summed E-state index contributed by atoms with van der Waals surface area (Å²) in [5.41, 5.74) is 1.39.